The molecule has 2 aliphatic rings. The summed E-state index contributed by atoms with van der Waals surface area (Å²) in [5.74, 6) is -0.732. The van der Waals surface area contributed by atoms with Crippen LogP contribution in [0.15, 0.2) is 18.2 Å². The lowest BCUT2D eigenvalue weighted by Gasteiger charge is -2.41. The van der Waals surface area contributed by atoms with Gasteiger partial charge in [0.15, 0.2) is 29.3 Å². The molecule has 0 aromatic heterocycles. The lowest BCUT2D eigenvalue weighted by Crippen LogP contribution is -2.37. The van der Waals surface area contributed by atoms with Crippen LogP contribution in [0.4, 0.5) is 0 Å². The molecule has 2 aromatic rings. The number of ether oxygens (including phenoxy) is 6. The van der Waals surface area contributed by atoms with Crippen molar-refractivity contribution in [3.8, 4) is 34.5 Å². The molecular weight excluding hydrogens is 524 g/mol. The number of aliphatic hydroxyl groups excluding tert-OH is 3. The number of phenols is 2. The van der Waals surface area contributed by atoms with Gasteiger partial charge in [-0.2, -0.15) is 0 Å². The maximum atomic E-state index is 11.0. The molecule has 5 N–H and O–H groups in total. The molecule has 6 atom stereocenters. The van der Waals surface area contributed by atoms with Gasteiger partial charge in [0, 0.05) is 37.0 Å². The number of aromatic hydroxyl groups is 2. The highest BCUT2D eigenvalue weighted by atomic mass is 16.7. The first-order valence-corrected chi connectivity index (χ1v) is 13.3. The summed E-state index contributed by atoms with van der Waals surface area (Å²) < 4.78 is 34.1. The minimum absolute atomic E-state index is 0.0882. The van der Waals surface area contributed by atoms with Crippen LogP contribution in [-0.2, 0) is 15.9 Å². The monoisotopic (exact) mass is 564 g/mol. The van der Waals surface area contributed by atoms with Crippen LogP contribution in [0.25, 0.3) is 0 Å². The van der Waals surface area contributed by atoms with Crippen LogP contribution >= 0.6 is 0 Å². The third-order valence-corrected chi connectivity index (χ3v) is 8.01. The number of aliphatic hydroxyl groups is 3. The summed E-state index contributed by atoms with van der Waals surface area (Å²) in [7, 11) is 5.80. The van der Waals surface area contributed by atoms with Gasteiger partial charge < -0.3 is 54.0 Å². The average Bonchev–Trinajstić information content (AvgIpc) is 3.15. The molecule has 0 saturated carbocycles. The number of phenolic OH excluding ortho intramolecular Hbond substituents is 2. The van der Waals surface area contributed by atoms with Crippen molar-refractivity contribution in [1.29, 1.82) is 0 Å². The quantitative estimate of drug-likeness (QED) is 0.288. The second kappa shape index (κ2) is 13.1. The molecular formula is C29H40O11. The summed E-state index contributed by atoms with van der Waals surface area (Å²) in [6, 6.07) is 5.13. The molecule has 0 radical (unpaired) electrons. The molecule has 11 nitrogen and oxygen atoms in total. The van der Waals surface area contributed by atoms with Gasteiger partial charge in [0.25, 0.3) is 0 Å². The van der Waals surface area contributed by atoms with Gasteiger partial charge >= 0.3 is 0 Å². The van der Waals surface area contributed by atoms with Crippen LogP contribution in [0.3, 0.4) is 0 Å². The van der Waals surface area contributed by atoms with Gasteiger partial charge in [0.05, 0.1) is 47.8 Å². The molecule has 1 fully saturated rings. The molecule has 1 heterocycles. The molecule has 11 heteroatoms. The molecule has 0 unspecified atom stereocenters. The Balaban J connectivity index is 1.82. The average molecular weight is 565 g/mol. The van der Waals surface area contributed by atoms with E-state index < -0.39 is 18.3 Å². The Morgan fingerprint density at radius 1 is 0.850 bits per heavy atom. The van der Waals surface area contributed by atoms with E-state index in [1.165, 1.54) is 28.4 Å². The largest absolute Gasteiger partial charge is 0.502 e. The predicted octanol–water partition coefficient (Wildman–Crippen LogP) is 2.17. The van der Waals surface area contributed by atoms with Crippen molar-refractivity contribution in [1.82, 2.24) is 0 Å². The summed E-state index contributed by atoms with van der Waals surface area (Å²) in [4.78, 5) is 0. The first-order valence-electron chi connectivity index (χ1n) is 13.3. The van der Waals surface area contributed by atoms with Gasteiger partial charge in [0.2, 0.25) is 11.5 Å². The Kier molecular flexibility index (Phi) is 9.85. The van der Waals surface area contributed by atoms with Crippen molar-refractivity contribution in [2.45, 2.75) is 37.6 Å². The lowest BCUT2D eigenvalue weighted by atomic mass is 9.66. The normalized spacial score (nSPS) is 26.5. The molecule has 222 valence electrons. The van der Waals surface area contributed by atoms with E-state index >= 15 is 0 Å². The van der Waals surface area contributed by atoms with Crippen LogP contribution in [0, 0.1) is 17.8 Å². The van der Waals surface area contributed by atoms with Gasteiger partial charge in [-0.05, 0) is 54.0 Å². The van der Waals surface area contributed by atoms with Gasteiger partial charge in [-0.3, -0.25) is 0 Å². The highest BCUT2D eigenvalue weighted by Gasteiger charge is 2.42. The lowest BCUT2D eigenvalue weighted by molar-refractivity contribution is -0.165. The topological polar surface area (TPSA) is 157 Å². The van der Waals surface area contributed by atoms with Crippen LogP contribution in [0.5, 0.6) is 34.5 Å². The summed E-state index contributed by atoms with van der Waals surface area (Å²) in [6.45, 7) is 0.155. The van der Waals surface area contributed by atoms with Gasteiger partial charge in [-0.25, -0.2) is 0 Å². The maximum Gasteiger partial charge on any atom is 0.201 e. The molecule has 0 bridgehead atoms. The minimum atomic E-state index is -0.706. The van der Waals surface area contributed by atoms with E-state index in [2.05, 4.69) is 0 Å². The molecule has 1 aliphatic heterocycles. The van der Waals surface area contributed by atoms with Crippen LogP contribution in [0.1, 0.15) is 35.4 Å². The van der Waals surface area contributed by atoms with Crippen molar-refractivity contribution in [2.75, 3.05) is 54.9 Å². The molecule has 0 amide bonds. The second-order valence-corrected chi connectivity index (χ2v) is 10.4. The van der Waals surface area contributed by atoms with Crippen LogP contribution < -0.4 is 18.9 Å². The maximum absolute atomic E-state index is 11.0. The van der Waals surface area contributed by atoms with Gasteiger partial charge in [0.1, 0.15) is 0 Å². The second-order valence-electron chi connectivity index (χ2n) is 10.4. The number of fused-ring (bicyclic) bond motifs is 1. The number of methoxy groups -OCH3 is 4. The first kappa shape index (κ1) is 30.0. The zero-order chi connectivity index (χ0) is 29.0. The van der Waals surface area contributed by atoms with E-state index in [0.29, 0.717) is 24.0 Å². The smallest absolute Gasteiger partial charge is 0.201 e. The van der Waals surface area contributed by atoms with Crippen LogP contribution in [0.2, 0.25) is 0 Å². The summed E-state index contributed by atoms with van der Waals surface area (Å²) in [6.07, 6.45) is -0.271. The predicted molar refractivity (Wildman–Crippen MR) is 144 cm³/mol. The number of benzene rings is 2. The van der Waals surface area contributed by atoms with Crippen molar-refractivity contribution in [3.63, 3.8) is 0 Å². The van der Waals surface area contributed by atoms with E-state index in [1.807, 2.05) is 0 Å². The van der Waals surface area contributed by atoms with E-state index in [4.69, 9.17) is 28.4 Å². The molecule has 40 heavy (non-hydrogen) atoms. The highest BCUT2D eigenvalue weighted by Crippen LogP contribution is 2.54. The summed E-state index contributed by atoms with van der Waals surface area (Å²) in [5, 5.41) is 52.1. The zero-order valence-corrected chi connectivity index (χ0v) is 23.3. The Labute approximate surface area is 233 Å². The van der Waals surface area contributed by atoms with E-state index in [9.17, 15) is 25.5 Å². The summed E-state index contributed by atoms with van der Waals surface area (Å²) >= 11 is 0. The van der Waals surface area contributed by atoms with Crippen molar-refractivity contribution in [2.24, 2.45) is 17.8 Å². The van der Waals surface area contributed by atoms with Crippen molar-refractivity contribution < 1.29 is 54.0 Å². The summed E-state index contributed by atoms with van der Waals surface area (Å²) in [5.41, 5.74) is 2.20. The fourth-order valence-electron chi connectivity index (χ4n) is 5.97. The van der Waals surface area contributed by atoms with Crippen LogP contribution in [-0.4, -0.2) is 92.8 Å². The molecule has 2 aromatic carbocycles. The minimum Gasteiger partial charge on any atom is -0.502 e. The molecule has 1 saturated heterocycles. The Bertz CT molecular complexity index is 1130. The Morgan fingerprint density at radius 3 is 2.08 bits per heavy atom. The highest BCUT2D eigenvalue weighted by molar-refractivity contribution is 5.64. The van der Waals surface area contributed by atoms with Crippen molar-refractivity contribution in [3.05, 3.63) is 34.9 Å². The van der Waals surface area contributed by atoms with Gasteiger partial charge in [-0.1, -0.05) is 0 Å². The Morgan fingerprint density at radius 2 is 1.50 bits per heavy atom. The Hall–Kier alpha value is -2.96. The van der Waals surface area contributed by atoms with E-state index in [0.717, 1.165) is 5.56 Å². The third-order valence-electron chi connectivity index (χ3n) is 8.01. The van der Waals surface area contributed by atoms with Crippen molar-refractivity contribution >= 4 is 0 Å². The molecule has 1 aliphatic carbocycles. The number of hydrogen-bond donors (Lipinski definition) is 5. The van der Waals surface area contributed by atoms with Gasteiger partial charge in [-0.15, -0.1) is 0 Å². The number of hydrogen-bond acceptors (Lipinski definition) is 11. The molecule has 0 spiro atoms. The first-order chi connectivity index (χ1) is 19.3. The number of rotatable bonds is 10. The van der Waals surface area contributed by atoms with E-state index in [1.54, 1.807) is 18.2 Å². The fraction of sp³-hybridized carbons (Fsp3) is 0.586. The fourth-order valence-corrected chi connectivity index (χ4v) is 5.97. The van der Waals surface area contributed by atoms with E-state index in [-0.39, 0.29) is 85.1 Å². The third kappa shape index (κ3) is 5.89. The SMILES string of the molecule is COc1cc([C@H]2c3c(cc(OC)c(O)c3OC)C[C@@H](CO)[C@@H]2CO[C@H]2C[C@@H](O)C[C@@H](CO)CO2)cc(OC)c1O. The molecule has 4 rings (SSSR count). The standard InChI is InChI=1S/C29H40O11/c1-35-21-8-17(9-22(36-2)27(21)33)25-20(14-40-24-10-19(32)5-15(11-30)13-39-24)18(12-31)6-16-7-23(37-3)28(34)29(38-4)26(16)25/h7-9,15,18-20,24-25,30-34H,5-6,10-14H2,1-4H3/t15-,18-,19-,20-,24-,25+/m0/s1. The zero-order valence-electron chi connectivity index (χ0n) is 23.3.